The highest BCUT2D eigenvalue weighted by Crippen LogP contribution is 2.31. The van der Waals surface area contributed by atoms with E-state index >= 15 is 0 Å². The lowest BCUT2D eigenvalue weighted by atomic mass is 10.0. The first-order chi connectivity index (χ1) is 6.70. The second kappa shape index (κ2) is 3.29. The molecule has 2 rings (SSSR count). The first-order valence-electron chi connectivity index (χ1n) is 4.76. The van der Waals surface area contributed by atoms with Crippen molar-refractivity contribution in [3.63, 3.8) is 0 Å². The summed E-state index contributed by atoms with van der Waals surface area (Å²) in [5, 5.41) is 10.8. The van der Waals surface area contributed by atoms with Crippen molar-refractivity contribution in [3.8, 4) is 5.75 Å². The van der Waals surface area contributed by atoms with Crippen molar-refractivity contribution in [1.82, 2.24) is 4.98 Å². The van der Waals surface area contributed by atoms with Gasteiger partial charge in [-0.25, -0.2) is 0 Å². The maximum Gasteiger partial charge on any atom is 0.129 e. The summed E-state index contributed by atoms with van der Waals surface area (Å²) in [6.07, 6.45) is 1.75. The van der Waals surface area contributed by atoms with Gasteiger partial charge in [-0.2, -0.15) is 0 Å². The number of benzene rings is 1. The van der Waals surface area contributed by atoms with Crippen LogP contribution >= 0.6 is 0 Å². The second-order valence-corrected chi connectivity index (χ2v) is 3.73. The number of rotatable bonds is 1. The smallest absolute Gasteiger partial charge is 0.129 e. The predicted molar refractivity (Wildman–Crippen MR) is 57.5 cm³/mol. The van der Waals surface area contributed by atoms with Gasteiger partial charge in [0.1, 0.15) is 5.75 Å². The van der Waals surface area contributed by atoms with Crippen molar-refractivity contribution < 1.29 is 5.11 Å². The average molecular weight is 187 g/mol. The van der Waals surface area contributed by atoms with Gasteiger partial charge in [-0.05, 0) is 18.1 Å². The highest BCUT2D eigenvalue weighted by Gasteiger charge is 2.09. The molecule has 0 aliphatic carbocycles. The van der Waals surface area contributed by atoms with Crippen molar-refractivity contribution in [3.05, 3.63) is 36.0 Å². The molecule has 0 saturated carbocycles. The van der Waals surface area contributed by atoms with Crippen LogP contribution in [0.1, 0.15) is 25.3 Å². The van der Waals surface area contributed by atoms with E-state index in [0.717, 1.165) is 16.5 Å². The Morgan fingerprint density at radius 3 is 2.64 bits per heavy atom. The molecule has 0 fully saturated rings. The minimum absolute atomic E-state index is 0.298. The van der Waals surface area contributed by atoms with Crippen LogP contribution in [0.4, 0.5) is 0 Å². The highest BCUT2D eigenvalue weighted by molar-refractivity contribution is 5.85. The minimum atomic E-state index is 0.298. The van der Waals surface area contributed by atoms with Crippen LogP contribution in [-0.2, 0) is 0 Å². The quantitative estimate of drug-likeness (QED) is 0.744. The Bertz CT molecular complexity index is 463. The molecule has 0 saturated heterocycles. The normalized spacial score (nSPS) is 11.1. The van der Waals surface area contributed by atoms with Crippen LogP contribution in [0.2, 0.25) is 0 Å². The fourth-order valence-corrected chi connectivity index (χ4v) is 1.56. The summed E-state index contributed by atoms with van der Waals surface area (Å²) in [6.45, 7) is 4.09. The van der Waals surface area contributed by atoms with E-state index < -0.39 is 0 Å². The molecule has 0 aliphatic heterocycles. The highest BCUT2D eigenvalue weighted by atomic mass is 16.3. The second-order valence-electron chi connectivity index (χ2n) is 3.73. The van der Waals surface area contributed by atoms with Gasteiger partial charge in [-0.1, -0.05) is 26.0 Å². The van der Waals surface area contributed by atoms with Gasteiger partial charge in [0.15, 0.2) is 0 Å². The number of aromatic hydroxyl groups is 1. The summed E-state index contributed by atoms with van der Waals surface area (Å²) < 4.78 is 0. The first-order valence-corrected chi connectivity index (χ1v) is 4.76. The molecular formula is C12H13NO. The maximum absolute atomic E-state index is 9.98. The Morgan fingerprint density at radius 2 is 1.93 bits per heavy atom. The van der Waals surface area contributed by atoms with Crippen LogP contribution in [0.25, 0.3) is 10.9 Å². The van der Waals surface area contributed by atoms with E-state index in [1.807, 2.05) is 38.1 Å². The van der Waals surface area contributed by atoms with E-state index in [1.54, 1.807) is 6.20 Å². The summed E-state index contributed by atoms with van der Waals surface area (Å²) in [5.74, 6) is 0.665. The molecule has 0 bridgehead atoms. The van der Waals surface area contributed by atoms with Gasteiger partial charge >= 0.3 is 0 Å². The molecule has 0 spiro atoms. The van der Waals surface area contributed by atoms with E-state index in [4.69, 9.17) is 0 Å². The summed E-state index contributed by atoms with van der Waals surface area (Å²) in [7, 11) is 0. The molecular weight excluding hydrogens is 174 g/mol. The molecule has 0 atom stereocenters. The predicted octanol–water partition coefficient (Wildman–Crippen LogP) is 3.06. The molecule has 1 aromatic heterocycles. The Balaban J connectivity index is 2.75. The van der Waals surface area contributed by atoms with Gasteiger partial charge in [0, 0.05) is 17.1 Å². The van der Waals surface area contributed by atoms with Crippen LogP contribution in [0.15, 0.2) is 30.5 Å². The van der Waals surface area contributed by atoms with Gasteiger partial charge in [0.05, 0.1) is 5.52 Å². The van der Waals surface area contributed by atoms with Gasteiger partial charge < -0.3 is 5.11 Å². The lowest BCUT2D eigenvalue weighted by molar-refractivity contribution is 0.470. The largest absolute Gasteiger partial charge is 0.507 e. The van der Waals surface area contributed by atoms with E-state index in [1.165, 1.54) is 0 Å². The lowest BCUT2D eigenvalue weighted by Crippen LogP contribution is -1.91. The van der Waals surface area contributed by atoms with E-state index in [0.29, 0.717) is 11.7 Å². The summed E-state index contributed by atoms with van der Waals surface area (Å²) in [6, 6.07) is 7.63. The Labute approximate surface area is 83.2 Å². The van der Waals surface area contributed by atoms with Crippen LogP contribution in [0, 0.1) is 0 Å². The lowest BCUT2D eigenvalue weighted by Gasteiger charge is -2.09. The van der Waals surface area contributed by atoms with E-state index in [9.17, 15) is 5.11 Å². The molecule has 0 unspecified atom stereocenters. The zero-order valence-electron chi connectivity index (χ0n) is 8.36. The molecule has 72 valence electrons. The standard InChI is InChI=1S/C12H13NO/c1-8(2)10-7-13-11-6-4-3-5-9(11)12(10)14/h3-8H,1-2H3,(H,13,14). The monoisotopic (exact) mass is 187 g/mol. The molecule has 0 amide bonds. The van der Waals surface area contributed by atoms with E-state index in [2.05, 4.69) is 4.98 Å². The van der Waals surface area contributed by atoms with Gasteiger partial charge in [-0.15, -0.1) is 0 Å². The van der Waals surface area contributed by atoms with Crippen LogP contribution in [0.5, 0.6) is 5.75 Å². The number of fused-ring (bicyclic) bond motifs is 1. The minimum Gasteiger partial charge on any atom is -0.507 e. The van der Waals surface area contributed by atoms with Gasteiger partial charge in [-0.3, -0.25) is 4.98 Å². The zero-order chi connectivity index (χ0) is 10.1. The summed E-state index contributed by atoms with van der Waals surface area (Å²) in [4.78, 5) is 4.30. The Kier molecular flexibility index (Phi) is 2.12. The fraction of sp³-hybridized carbons (Fsp3) is 0.250. The number of aromatic nitrogens is 1. The molecule has 2 heteroatoms. The Morgan fingerprint density at radius 1 is 1.21 bits per heavy atom. The van der Waals surface area contributed by atoms with Crippen molar-refractivity contribution >= 4 is 10.9 Å². The summed E-state index contributed by atoms with van der Waals surface area (Å²) >= 11 is 0. The number of pyridine rings is 1. The molecule has 2 nitrogen and oxygen atoms in total. The number of nitrogens with zero attached hydrogens (tertiary/aromatic N) is 1. The van der Waals surface area contributed by atoms with E-state index in [-0.39, 0.29) is 0 Å². The number of hydrogen-bond acceptors (Lipinski definition) is 2. The van der Waals surface area contributed by atoms with Crippen molar-refractivity contribution in [2.75, 3.05) is 0 Å². The molecule has 14 heavy (non-hydrogen) atoms. The Hall–Kier alpha value is -1.57. The van der Waals surface area contributed by atoms with Crippen molar-refractivity contribution in [2.45, 2.75) is 19.8 Å². The molecule has 1 N–H and O–H groups in total. The van der Waals surface area contributed by atoms with Crippen molar-refractivity contribution in [1.29, 1.82) is 0 Å². The van der Waals surface area contributed by atoms with Crippen LogP contribution in [0.3, 0.4) is 0 Å². The molecule has 1 heterocycles. The average Bonchev–Trinajstić information content (AvgIpc) is 2.18. The molecule has 2 aromatic rings. The summed E-state index contributed by atoms with van der Waals surface area (Å²) in [5.41, 5.74) is 1.75. The van der Waals surface area contributed by atoms with Crippen LogP contribution in [-0.4, -0.2) is 10.1 Å². The van der Waals surface area contributed by atoms with Crippen LogP contribution < -0.4 is 0 Å². The van der Waals surface area contributed by atoms with Crippen molar-refractivity contribution in [2.24, 2.45) is 0 Å². The fourth-order valence-electron chi connectivity index (χ4n) is 1.56. The zero-order valence-corrected chi connectivity index (χ0v) is 8.36. The third kappa shape index (κ3) is 1.33. The molecule has 1 aromatic carbocycles. The third-order valence-corrected chi connectivity index (χ3v) is 2.40. The molecule has 0 radical (unpaired) electrons. The van der Waals surface area contributed by atoms with Gasteiger partial charge in [0.2, 0.25) is 0 Å². The first kappa shape index (κ1) is 9.00. The number of hydrogen-bond donors (Lipinski definition) is 1. The SMILES string of the molecule is CC(C)c1cnc2ccccc2c1O. The third-order valence-electron chi connectivity index (χ3n) is 2.40. The maximum atomic E-state index is 9.98. The topological polar surface area (TPSA) is 33.1 Å². The molecule has 0 aliphatic rings. The number of para-hydroxylation sites is 1. The van der Waals surface area contributed by atoms with Gasteiger partial charge in [0.25, 0.3) is 0 Å².